The Kier molecular flexibility index (Phi) is 10.8. The summed E-state index contributed by atoms with van der Waals surface area (Å²) in [5.41, 5.74) is 1.73. The summed E-state index contributed by atoms with van der Waals surface area (Å²) in [7, 11) is 0. The standard InChI is InChI=1S/C24H39NO3S/c1-4-6-7-8-9-10-11-12-13-21(26)25-23-22(24(27)28-16-5-2)19-15-14-18(3)17-20(19)29-23/h18H,4-17H2,1-3H3,(H,25,26). The smallest absolute Gasteiger partial charge is 0.341 e. The van der Waals surface area contributed by atoms with E-state index in [1.54, 1.807) is 11.3 Å². The number of anilines is 1. The lowest BCUT2D eigenvalue weighted by Gasteiger charge is -2.18. The van der Waals surface area contributed by atoms with Crippen LogP contribution in [0.5, 0.6) is 0 Å². The number of amides is 1. The summed E-state index contributed by atoms with van der Waals surface area (Å²) in [4.78, 5) is 26.4. The molecule has 1 aromatic heterocycles. The van der Waals surface area contributed by atoms with Crippen molar-refractivity contribution in [3.63, 3.8) is 0 Å². The molecule has 0 bridgehead atoms. The molecule has 0 saturated carbocycles. The molecule has 1 N–H and O–H groups in total. The number of rotatable bonds is 13. The third-order valence-electron chi connectivity index (χ3n) is 5.66. The maximum absolute atomic E-state index is 12.7. The fourth-order valence-electron chi connectivity index (χ4n) is 3.93. The molecule has 0 aromatic carbocycles. The zero-order chi connectivity index (χ0) is 21.1. The Bertz CT molecular complexity index is 653. The van der Waals surface area contributed by atoms with Gasteiger partial charge in [-0.25, -0.2) is 4.79 Å². The first-order valence-electron chi connectivity index (χ1n) is 11.7. The van der Waals surface area contributed by atoms with Crippen LogP contribution in [0.15, 0.2) is 0 Å². The summed E-state index contributed by atoms with van der Waals surface area (Å²) < 4.78 is 5.42. The molecule has 5 heteroatoms. The van der Waals surface area contributed by atoms with Gasteiger partial charge in [-0.3, -0.25) is 4.79 Å². The summed E-state index contributed by atoms with van der Waals surface area (Å²) >= 11 is 1.58. The maximum atomic E-state index is 12.7. The van der Waals surface area contributed by atoms with Crippen LogP contribution in [0.3, 0.4) is 0 Å². The van der Waals surface area contributed by atoms with Crippen molar-refractivity contribution in [2.45, 2.75) is 104 Å². The van der Waals surface area contributed by atoms with Gasteiger partial charge < -0.3 is 10.1 Å². The Morgan fingerprint density at radius 2 is 1.72 bits per heavy atom. The average Bonchev–Trinajstić information content (AvgIpc) is 3.04. The summed E-state index contributed by atoms with van der Waals surface area (Å²) in [6.45, 7) is 6.90. The van der Waals surface area contributed by atoms with E-state index in [1.807, 2.05) is 6.92 Å². The van der Waals surface area contributed by atoms with E-state index in [9.17, 15) is 9.59 Å². The number of thiophene rings is 1. The lowest BCUT2D eigenvalue weighted by Crippen LogP contribution is -2.16. The van der Waals surface area contributed by atoms with Crippen LogP contribution in [0, 0.1) is 5.92 Å². The number of fused-ring (bicyclic) bond motifs is 1. The molecule has 1 aliphatic carbocycles. The predicted molar refractivity (Wildman–Crippen MR) is 122 cm³/mol. The molecule has 1 amide bonds. The van der Waals surface area contributed by atoms with Gasteiger partial charge in [-0.1, -0.05) is 65.7 Å². The number of hydrogen-bond acceptors (Lipinski definition) is 4. The second-order valence-corrected chi connectivity index (χ2v) is 9.57. The minimum atomic E-state index is -0.277. The van der Waals surface area contributed by atoms with Crippen molar-refractivity contribution in [3.05, 3.63) is 16.0 Å². The van der Waals surface area contributed by atoms with Crippen molar-refractivity contribution >= 4 is 28.2 Å². The molecule has 1 atom stereocenters. The number of ether oxygens (including phenoxy) is 1. The maximum Gasteiger partial charge on any atom is 0.341 e. The van der Waals surface area contributed by atoms with E-state index in [0.717, 1.165) is 44.1 Å². The van der Waals surface area contributed by atoms with Crippen LogP contribution in [-0.2, 0) is 22.4 Å². The van der Waals surface area contributed by atoms with Crippen molar-refractivity contribution < 1.29 is 14.3 Å². The minimum Gasteiger partial charge on any atom is -0.462 e. The summed E-state index contributed by atoms with van der Waals surface area (Å²) in [5, 5.41) is 3.74. The van der Waals surface area contributed by atoms with Crippen LogP contribution in [0.1, 0.15) is 112 Å². The van der Waals surface area contributed by atoms with Gasteiger partial charge in [-0.15, -0.1) is 11.3 Å². The molecule has 29 heavy (non-hydrogen) atoms. The number of esters is 1. The van der Waals surface area contributed by atoms with Crippen molar-refractivity contribution in [1.82, 2.24) is 0 Å². The third-order valence-corrected chi connectivity index (χ3v) is 6.83. The predicted octanol–water partition coefficient (Wildman–Crippen LogP) is 6.91. The zero-order valence-corrected chi connectivity index (χ0v) is 19.4. The van der Waals surface area contributed by atoms with E-state index in [1.165, 1.54) is 43.4 Å². The Balaban J connectivity index is 1.88. The summed E-state index contributed by atoms with van der Waals surface area (Å²) in [6.07, 6.45) is 14.0. The average molecular weight is 422 g/mol. The monoisotopic (exact) mass is 421 g/mol. The van der Waals surface area contributed by atoms with Gasteiger partial charge in [-0.05, 0) is 43.6 Å². The lowest BCUT2D eigenvalue weighted by molar-refractivity contribution is -0.116. The molecule has 0 saturated heterocycles. The van der Waals surface area contributed by atoms with Gasteiger partial charge in [0.25, 0.3) is 0 Å². The van der Waals surface area contributed by atoms with Crippen molar-refractivity contribution in [3.8, 4) is 0 Å². The van der Waals surface area contributed by atoms with E-state index in [4.69, 9.17) is 4.74 Å². The number of hydrogen-bond donors (Lipinski definition) is 1. The quantitative estimate of drug-likeness (QED) is 0.278. The second kappa shape index (κ2) is 13.0. The highest BCUT2D eigenvalue weighted by atomic mass is 32.1. The summed E-state index contributed by atoms with van der Waals surface area (Å²) in [6, 6.07) is 0. The van der Waals surface area contributed by atoms with Crippen molar-refractivity contribution in [1.29, 1.82) is 0 Å². The Morgan fingerprint density at radius 1 is 1.03 bits per heavy atom. The Morgan fingerprint density at radius 3 is 2.41 bits per heavy atom. The van der Waals surface area contributed by atoms with Crippen LogP contribution < -0.4 is 5.32 Å². The second-order valence-electron chi connectivity index (χ2n) is 8.46. The van der Waals surface area contributed by atoms with Crippen LogP contribution in [-0.4, -0.2) is 18.5 Å². The molecular formula is C24H39NO3S. The third kappa shape index (κ3) is 7.76. The first-order chi connectivity index (χ1) is 14.1. The molecule has 0 radical (unpaired) electrons. The van der Waals surface area contributed by atoms with Gasteiger partial charge in [0.1, 0.15) is 5.00 Å². The number of carbonyl (C=O) groups excluding carboxylic acids is 2. The molecule has 1 unspecified atom stereocenters. The van der Waals surface area contributed by atoms with Gasteiger partial charge in [0, 0.05) is 11.3 Å². The van der Waals surface area contributed by atoms with E-state index >= 15 is 0 Å². The fourth-order valence-corrected chi connectivity index (χ4v) is 5.35. The van der Waals surface area contributed by atoms with Gasteiger partial charge in [-0.2, -0.15) is 0 Å². The van der Waals surface area contributed by atoms with Crippen LogP contribution >= 0.6 is 11.3 Å². The molecular weight excluding hydrogens is 382 g/mol. The van der Waals surface area contributed by atoms with Crippen LogP contribution in [0.25, 0.3) is 0 Å². The van der Waals surface area contributed by atoms with E-state index < -0.39 is 0 Å². The first-order valence-corrected chi connectivity index (χ1v) is 12.5. The number of nitrogens with one attached hydrogen (secondary N) is 1. The zero-order valence-electron chi connectivity index (χ0n) is 18.6. The molecule has 0 spiro atoms. The van der Waals surface area contributed by atoms with E-state index in [2.05, 4.69) is 19.2 Å². The highest BCUT2D eigenvalue weighted by molar-refractivity contribution is 7.17. The lowest BCUT2D eigenvalue weighted by atomic mass is 9.88. The fraction of sp³-hybridized carbons (Fsp3) is 0.750. The highest BCUT2D eigenvalue weighted by Gasteiger charge is 2.29. The number of unbranched alkanes of at least 4 members (excludes halogenated alkanes) is 7. The summed E-state index contributed by atoms with van der Waals surface area (Å²) in [5.74, 6) is 0.370. The molecule has 2 rings (SSSR count). The van der Waals surface area contributed by atoms with Gasteiger partial charge in [0.2, 0.25) is 5.91 Å². The highest BCUT2D eigenvalue weighted by Crippen LogP contribution is 2.40. The van der Waals surface area contributed by atoms with E-state index in [-0.39, 0.29) is 11.9 Å². The molecule has 164 valence electrons. The molecule has 1 aliphatic rings. The van der Waals surface area contributed by atoms with Crippen molar-refractivity contribution in [2.75, 3.05) is 11.9 Å². The normalized spacial score (nSPS) is 15.8. The Hall–Kier alpha value is -1.36. The molecule has 0 fully saturated rings. The van der Waals surface area contributed by atoms with Crippen LogP contribution in [0.2, 0.25) is 0 Å². The van der Waals surface area contributed by atoms with Gasteiger partial charge in [0.05, 0.1) is 12.2 Å². The topological polar surface area (TPSA) is 55.4 Å². The first kappa shape index (κ1) is 23.9. The Labute approximate surface area is 180 Å². The molecule has 0 aliphatic heterocycles. The molecule has 4 nitrogen and oxygen atoms in total. The largest absolute Gasteiger partial charge is 0.462 e. The molecule has 1 aromatic rings. The minimum absolute atomic E-state index is 0.0205. The van der Waals surface area contributed by atoms with E-state index in [0.29, 0.717) is 29.5 Å². The molecule has 1 heterocycles. The van der Waals surface area contributed by atoms with Gasteiger partial charge >= 0.3 is 5.97 Å². The SMILES string of the molecule is CCCCCCCCCCC(=O)Nc1sc2c(c1C(=O)OCCC)CCC(C)C2. The van der Waals surface area contributed by atoms with Gasteiger partial charge in [0.15, 0.2) is 0 Å². The van der Waals surface area contributed by atoms with Crippen LogP contribution in [0.4, 0.5) is 5.00 Å². The van der Waals surface area contributed by atoms with Crippen molar-refractivity contribution in [2.24, 2.45) is 5.92 Å². The number of carbonyl (C=O) groups is 2.